The lowest BCUT2D eigenvalue weighted by Crippen LogP contribution is -2.18. The fourth-order valence-electron chi connectivity index (χ4n) is 4.16. The number of carbonyl (C=O) groups is 1. The van der Waals surface area contributed by atoms with E-state index in [9.17, 15) is 18.0 Å². The second-order valence-electron chi connectivity index (χ2n) is 8.12. The van der Waals surface area contributed by atoms with E-state index in [4.69, 9.17) is 20.8 Å². The zero-order valence-corrected chi connectivity index (χ0v) is 20.2. The third-order valence-corrected chi connectivity index (χ3v) is 5.96. The van der Waals surface area contributed by atoms with Gasteiger partial charge in [-0.1, -0.05) is 29.8 Å². The summed E-state index contributed by atoms with van der Waals surface area (Å²) in [5.41, 5.74) is -0.478. The number of alkyl halides is 3. The van der Waals surface area contributed by atoms with Gasteiger partial charge in [0.2, 0.25) is 0 Å². The van der Waals surface area contributed by atoms with E-state index in [0.717, 1.165) is 4.57 Å². The second-order valence-corrected chi connectivity index (χ2v) is 8.56. The Morgan fingerprint density at radius 1 is 1.08 bits per heavy atom. The molecule has 0 atom stereocenters. The molecular formula is C27H19ClF3N3O3. The molecule has 0 amide bonds. The number of nitrogens with zero attached hydrogens (tertiary/aromatic N) is 3. The summed E-state index contributed by atoms with van der Waals surface area (Å²) in [6.07, 6.45) is -2.07. The zero-order valence-electron chi connectivity index (χ0n) is 19.4. The first kappa shape index (κ1) is 24.6. The van der Waals surface area contributed by atoms with Crippen molar-refractivity contribution in [2.24, 2.45) is 0 Å². The molecule has 0 bridgehead atoms. The van der Waals surface area contributed by atoms with E-state index < -0.39 is 29.1 Å². The van der Waals surface area contributed by atoms with Gasteiger partial charge in [0.25, 0.3) is 11.7 Å². The number of hydrogen-bond donors (Lipinski definition) is 0. The minimum absolute atomic E-state index is 0.0785. The molecule has 0 radical (unpaired) electrons. The van der Waals surface area contributed by atoms with Crippen LogP contribution in [0.3, 0.4) is 0 Å². The van der Waals surface area contributed by atoms with Gasteiger partial charge in [-0.2, -0.15) is 13.2 Å². The molecule has 2 aromatic carbocycles. The molecular weight excluding hydrogens is 507 g/mol. The smallest absolute Gasteiger partial charge is 0.432 e. The largest absolute Gasteiger partial charge is 0.494 e. The van der Waals surface area contributed by atoms with E-state index in [1.807, 2.05) is 0 Å². The monoisotopic (exact) mass is 525 g/mol. The van der Waals surface area contributed by atoms with Gasteiger partial charge in [0.05, 0.1) is 18.4 Å². The molecule has 37 heavy (non-hydrogen) atoms. The average Bonchev–Trinajstić information content (AvgIpc) is 3.49. The van der Waals surface area contributed by atoms with Gasteiger partial charge in [-0.3, -0.25) is 9.78 Å². The fraction of sp³-hybridized carbons (Fsp3) is 0.148. The van der Waals surface area contributed by atoms with Crippen LogP contribution in [0.2, 0.25) is 5.02 Å². The highest BCUT2D eigenvalue weighted by Gasteiger charge is 2.42. The SMILES string of the molecule is CCOc1ccc2c(c1)c(C(=O)c1ncc(-c3ccccn3)o1)c(C(F)(F)F)n2Cc1ccc(Cl)cc1. The van der Waals surface area contributed by atoms with Crippen LogP contribution in [-0.4, -0.2) is 26.9 Å². The maximum Gasteiger partial charge on any atom is 0.432 e. The summed E-state index contributed by atoms with van der Waals surface area (Å²) in [6.45, 7) is 1.92. The number of halogens is 4. The Morgan fingerprint density at radius 3 is 2.54 bits per heavy atom. The highest BCUT2D eigenvalue weighted by molar-refractivity contribution is 6.30. The number of ether oxygens (including phenoxy) is 1. The zero-order chi connectivity index (χ0) is 26.2. The van der Waals surface area contributed by atoms with E-state index >= 15 is 0 Å². The molecule has 0 saturated carbocycles. The van der Waals surface area contributed by atoms with Crippen LogP contribution in [0.5, 0.6) is 5.75 Å². The number of pyridine rings is 1. The minimum atomic E-state index is -4.86. The van der Waals surface area contributed by atoms with Gasteiger partial charge in [0.15, 0.2) is 5.76 Å². The number of carbonyl (C=O) groups excluding carboxylic acids is 1. The summed E-state index contributed by atoms with van der Waals surface area (Å²) < 4.78 is 56.0. The third kappa shape index (κ3) is 4.82. The summed E-state index contributed by atoms with van der Waals surface area (Å²) in [5, 5.41) is 0.539. The van der Waals surface area contributed by atoms with E-state index in [0.29, 0.717) is 28.6 Å². The second kappa shape index (κ2) is 9.74. The summed E-state index contributed by atoms with van der Waals surface area (Å²) in [4.78, 5) is 21.7. The van der Waals surface area contributed by atoms with Gasteiger partial charge in [-0.25, -0.2) is 4.98 Å². The average molecular weight is 526 g/mol. The number of oxazole rings is 1. The lowest BCUT2D eigenvalue weighted by atomic mass is 10.1. The molecule has 3 aromatic heterocycles. The first-order valence-electron chi connectivity index (χ1n) is 11.3. The number of rotatable bonds is 7. The van der Waals surface area contributed by atoms with Crippen LogP contribution in [0.25, 0.3) is 22.4 Å². The topological polar surface area (TPSA) is 70.2 Å². The first-order chi connectivity index (χ1) is 17.8. The van der Waals surface area contributed by atoms with Gasteiger partial charge >= 0.3 is 6.18 Å². The van der Waals surface area contributed by atoms with Gasteiger partial charge in [-0.05, 0) is 55.0 Å². The molecule has 10 heteroatoms. The van der Waals surface area contributed by atoms with Crippen molar-refractivity contribution in [3.63, 3.8) is 0 Å². The number of ketones is 1. The Hall–Kier alpha value is -4.11. The number of aromatic nitrogens is 3. The fourth-order valence-corrected chi connectivity index (χ4v) is 4.29. The quantitative estimate of drug-likeness (QED) is 0.213. The predicted octanol–water partition coefficient (Wildman–Crippen LogP) is 7.04. The maximum atomic E-state index is 14.6. The summed E-state index contributed by atoms with van der Waals surface area (Å²) in [6, 6.07) is 16.0. The molecule has 188 valence electrons. The maximum absolute atomic E-state index is 14.6. The number of hydrogen-bond acceptors (Lipinski definition) is 5. The third-order valence-electron chi connectivity index (χ3n) is 5.71. The molecule has 0 aliphatic rings. The van der Waals surface area contributed by atoms with Crippen LogP contribution in [0.1, 0.15) is 34.4 Å². The van der Waals surface area contributed by atoms with Crippen LogP contribution in [-0.2, 0) is 12.7 Å². The number of benzene rings is 2. The molecule has 0 unspecified atom stereocenters. The summed E-state index contributed by atoms with van der Waals surface area (Å²) >= 11 is 5.95. The summed E-state index contributed by atoms with van der Waals surface area (Å²) in [7, 11) is 0. The van der Waals surface area contributed by atoms with Gasteiger partial charge in [0.1, 0.15) is 17.1 Å². The van der Waals surface area contributed by atoms with E-state index in [2.05, 4.69) is 9.97 Å². The molecule has 0 N–H and O–H groups in total. The van der Waals surface area contributed by atoms with Gasteiger partial charge in [0, 0.05) is 28.7 Å². The molecule has 6 nitrogen and oxygen atoms in total. The van der Waals surface area contributed by atoms with E-state index in [1.165, 1.54) is 24.5 Å². The molecule has 0 spiro atoms. The summed E-state index contributed by atoms with van der Waals surface area (Å²) in [5.74, 6) is -0.970. The van der Waals surface area contributed by atoms with Crippen molar-refractivity contribution in [3.05, 3.63) is 101 Å². The van der Waals surface area contributed by atoms with Crippen LogP contribution in [0.4, 0.5) is 13.2 Å². The van der Waals surface area contributed by atoms with Gasteiger partial charge < -0.3 is 13.7 Å². The van der Waals surface area contributed by atoms with Crippen molar-refractivity contribution in [2.45, 2.75) is 19.6 Å². The van der Waals surface area contributed by atoms with Gasteiger partial charge in [-0.15, -0.1) is 0 Å². The molecule has 5 aromatic rings. The Bertz CT molecular complexity index is 1580. The van der Waals surface area contributed by atoms with E-state index in [1.54, 1.807) is 55.5 Å². The Labute approximate surface area is 214 Å². The van der Waals surface area contributed by atoms with Crippen molar-refractivity contribution in [1.29, 1.82) is 0 Å². The van der Waals surface area contributed by atoms with E-state index in [-0.39, 0.29) is 23.2 Å². The first-order valence-corrected chi connectivity index (χ1v) is 11.7. The molecule has 3 heterocycles. The highest BCUT2D eigenvalue weighted by atomic mass is 35.5. The number of fused-ring (bicyclic) bond motifs is 1. The lowest BCUT2D eigenvalue weighted by molar-refractivity contribution is -0.143. The van der Waals surface area contributed by atoms with Crippen LogP contribution in [0, 0.1) is 0 Å². The molecule has 0 fully saturated rings. The predicted molar refractivity (Wildman–Crippen MR) is 132 cm³/mol. The van der Waals surface area contributed by atoms with Crippen molar-refractivity contribution < 1.29 is 27.1 Å². The molecule has 0 aliphatic carbocycles. The lowest BCUT2D eigenvalue weighted by Gasteiger charge is -2.14. The van der Waals surface area contributed by atoms with Crippen molar-refractivity contribution in [2.75, 3.05) is 6.61 Å². The van der Waals surface area contributed by atoms with Crippen molar-refractivity contribution >= 4 is 28.3 Å². The molecule has 5 rings (SSSR count). The van der Waals surface area contributed by atoms with Crippen LogP contribution < -0.4 is 4.74 Å². The minimum Gasteiger partial charge on any atom is -0.494 e. The Balaban J connectivity index is 1.71. The standard InChI is InChI=1S/C27H19ClF3N3O3/c1-2-36-18-10-11-21-19(13-18)23(24(35)26-33-14-22(37-26)20-5-3-4-12-32-20)25(27(29,30)31)34(21)15-16-6-8-17(28)9-7-16/h3-14H,2,15H2,1H3. The highest BCUT2D eigenvalue weighted by Crippen LogP contribution is 2.41. The van der Waals surface area contributed by atoms with Crippen LogP contribution >= 0.6 is 11.6 Å². The molecule has 0 aliphatic heterocycles. The van der Waals surface area contributed by atoms with Crippen molar-refractivity contribution in [3.8, 4) is 17.2 Å². The van der Waals surface area contributed by atoms with Crippen LogP contribution in [0.15, 0.2) is 77.5 Å². The Kier molecular flexibility index (Phi) is 6.47. The van der Waals surface area contributed by atoms with Crippen molar-refractivity contribution in [1.82, 2.24) is 14.5 Å². The normalized spacial score (nSPS) is 11.7. The Morgan fingerprint density at radius 2 is 1.86 bits per heavy atom. The molecule has 0 saturated heterocycles.